The van der Waals surface area contributed by atoms with Crippen molar-refractivity contribution >= 4 is 16.9 Å². The van der Waals surface area contributed by atoms with Crippen LogP contribution in [-0.4, -0.2) is 37.0 Å². The van der Waals surface area contributed by atoms with Gasteiger partial charge >= 0.3 is 0 Å². The van der Waals surface area contributed by atoms with Crippen molar-refractivity contribution < 1.29 is 14.3 Å². The topological polar surface area (TPSA) is 99.0 Å². The van der Waals surface area contributed by atoms with E-state index in [-0.39, 0.29) is 12.4 Å². The number of rotatable bonds is 5. The molecule has 1 aromatic carbocycles. The van der Waals surface area contributed by atoms with Crippen LogP contribution >= 0.6 is 0 Å². The summed E-state index contributed by atoms with van der Waals surface area (Å²) in [4.78, 5) is 15.9. The summed E-state index contributed by atoms with van der Waals surface area (Å²) in [6, 6.07) is 8.69. The van der Waals surface area contributed by atoms with Crippen molar-refractivity contribution in [1.29, 1.82) is 0 Å². The Kier molecular flexibility index (Phi) is 9.09. The number of aliphatic hydroxyl groups excluding tert-OH is 1. The molecule has 4 rings (SSSR count). The van der Waals surface area contributed by atoms with E-state index in [0.717, 1.165) is 23.1 Å². The van der Waals surface area contributed by atoms with Gasteiger partial charge in [-0.2, -0.15) is 5.10 Å². The molecule has 1 amide bonds. The summed E-state index contributed by atoms with van der Waals surface area (Å²) in [5.74, 6) is -0.877. The Morgan fingerprint density at radius 3 is 2.47 bits per heavy atom. The monoisotopic (exact) mass is 439 g/mol. The van der Waals surface area contributed by atoms with E-state index in [1.165, 1.54) is 6.07 Å². The lowest BCUT2D eigenvalue weighted by Gasteiger charge is -2.08. The third kappa shape index (κ3) is 5.79. The van der Waals surface area contributed by atoms with Crippen molar-refractivity contribution in [2.75, 3.05) is 6.61 Å². The minimum absolute atomic E-state index is 0.272. The minimum Gasteiger partial charge on any atom is -0.396 e. The molecular weight excluding hydrogens is 409 g/mol. The molecule has 0 saturated carbocycles. The lowest BCUT2D eigenvalue weighted by Crippen LogP contribution is -2.10. The number of pyridine rings is 1. The van der Waals surface area contributed by atoms with Gasteiger partial charge in [-0.25, -0.2) is 4.39 Å². The number of aromatic nitrogens is 4. The predicted molar refractivity (Wildman–Crippen MR) is 125 cm³/mol. The van der Waals surface area contributed by atoms with Gasteiger partial charge in [0, 0.05) is 43.4 Å². The third-order valence-electron chi connectivity index (χ3n) is 4.56. The summed E-state index contributed by atoms with van der Waals surface area (Å²) >= 11 is 0. The summed E-state index contributed by atoms with van der Waals surface area (Å²) in [6.07, 6.45) is 7.62. The highest BCUT2D eigenvalue weighted by molar-refractivity contribution is 6.04. The van der Waals surface area contributed by atoms with Crippen LogP contribution in [-0.2, 0) is 13.6 Å². The Labute approximate surface area is 187 Å². The van der Waals surface area contributed by atoms with Crippen molar-refractivity contribution in [3.8, 4) is 11.1 Å². The molecule has 4 aromatic rings. The standard InChI is InChI=1S/C19H16FN5O.C3H8O.C2H6/c1-24-9-14(8-23-24)12-4-5-13(16(20)7-12)10-25-11-15(19(21)26)18-17(25)3-2-6-22-18;1-2-3-4;1-2/h2-9,11H,10H2,1H3,(H2,21,26);4H,2-3H2,1H3;1-2H3. The van der Waals surface area contributed by atoms with Crippen LogP contribution in [0.25, 0.3) is 22.2 Å². The molecule has 0 atom stereocenters. The van der Waals surface area contributed by atoms with Gasteiger partial charge in [-0.05, 0) is 30.2 Å². The van der Waals surface area contributed by atoms with E-state index in [2.05, 4.69) is 10.1 Å². The van der Waals surface area contributed by atoms with Crippen LogP contribution in [0, 0.1) is 5.82 Å². The zero-order chi connectivity index (χ0) is 23.7. The first-order valence-corrected chi connectivity index (χ1v) is 10.6. The molecule has 170 valence electrons. The number of halogens is 1. The molecule has 0 radical (unpaired) electrons. The first kappa shape index (κ1) is 24.7. The fourth-order valence-corrected chi connectivity index (χ4v) is 3.04. The summed E-state index contributed by atoms with van der Waals surface area (Å²) in [6.45, 7) is 6.52. The van der Waals surface area contributed by atoms with Gasteiger partial charge in [0.15, 0.2) is 0 Å². The number of hydrogen-bond acceptors (Lipinski definition) is 4. The average molecular weight is 440 g/mol. The zero-order valence-corrected chi connectivity index (χ0v) is 18.9. The molecule has 0 spiro atoms. The number of primary amides is 1. The van der Waals surface area contributed by atoms with E-state index in [1.54, 1.807) is 40.0 Å². The predicted octanol–water partition coefficient (Wildman–Crippen LogP) is 4.14. The van der Waals surface area contributed by atoms with Crippen LogP contribution < -0.4 is 5.73 Å². The van der Waals surface area contributed by atoms with Crippen molar-refractivity contribution in [3.63, 3.8) is 0 Å². The van der Waals surface area contributed by atoms with Gasteiger partial charge in [0.2, 0.25) is 0 Å². The van der Waals surface area contributed by atoms with E-state index >= 15 is 0 Å². The van der Waals surface area contributed by atoms with E-state index in [1.807, 2.05) is 46.1 Å². The van der Waals surface area contributed by atoms with Crippen LogP contribution in [0.4, 0.5) is 4.39 Å². The number of fused-ring (bicyclic) bond motifs is 1. The van der Waals surface area contributed by atoms with Crippen LogP contribution in [0.2, 0.25) is 0 Å². The lowest BCUT2D eigenvalue weighted by molar-refractivity contribution is 0.100. The average Bonchev–Trinajstić information content (AvgIpc) is 3.41. The van der Waals surface area contributed by atoms with Gasteiger partial charge in [0.05, 0.1) is 23.8 Å². The summed E-state index contributed by atoms with van der Waals surface area (Å²) in [5.41, 5.74) is 9.13. The maximum absolute atomic E-state index is 14.6. The van der Waals surface area contributed by atoms with Crippen LogP contribution in [0.1, 0.15) is 43.1 Å². The van der Waals surface area contributed by atoms with Crippen LogP contribution in [0.5, 0.6) is 0 Å². The number of carbonyl (C=O) groups is 1. The van der Waals surface area contributed by atoms with Gasteiger partial charge in [0.25, 0.3) is 5.91 Å². The Bertz CT molecular complexity index is 1160. The molecule has 0 unspecified atom stereocenters. The van der Waals surface area contributed by atoms with E-state index in [4.69, 9.17) is 10.8 Å². The number of nitrogens with zero attached hydrogens (tertiary/aromatic N) is 4. The Morgan fingerprint density at radius 1 is 1.19 bits per heavy atom. The second-order valence-electron chi connectivity index (χ2n) is 6.84. The summed E-state index contributed by atoms with van der Waals surface area (Å²) in [5, 5.41) is 12.0. The first-order chi connectivity index (χ1) is 15.4. The molecule has 0 aliphatic rings. The van der Waals surface area contributed by atoms with Crippen molar-refractivity contribution in [3.05, 3.63) is 72.1 Å². The molecule has 3 N–H and O–H groups in total. The SMILES string of the molecule is CC.CCCO.Cn1cc(-c2ccc(Cn3cc(C(N)=O)c4ncccc43)c(F)c2)cn1. The Hall–Kier alpha value is -3.52. The molecule has 0 fully saturated rings. The normalized spacial score (nSPS) is 10.2. The number of hydrogen-bond donors (Lipinski definition) is 2. The van der Waals surface area contributed by atoms with Crippen molar-refractivity contribution in [2.45, 2.75) is 33.7 Å². The minimum atomic E-state index is -0.556. The smallest absolute Gasteiger partial charge is 0.252 e. The zero-order valence-electron chi connectivity index (χ0n) is 18.9. The van der Waals surface area contributed by atoms with Gasteiger partial charge in [-0.1, -0.05) is 32.9 Å². The fourth-order valence-electron chi connectivity index (χ4n) is 3.04. The number of benzene rings is 1. The van der Waals surface area contributed by atoms with Crippen molar-refractivity contribution in [2.24, 2.45) is 12.8 Å². The molecule has 0 bridgehead atoms. The highest BCUT2D eigenvalue weighted by atomic mass is 19.1. The molecular formula is C24H30FN5O2. The lowest BCUT2D eigenvalue weighted by atomic mass is 10.1. The second kappa shape index (κ2) is 11.8. The second-order valence-corrected chi connectivity index (χ2v) is 6.84. The maximum atomic E-state index is 14.6. The van der Waals surface area contributed by atoms with Crippen LogP contribution in [0.3, 0.4) is 0 Å². The molecule has 7 nitrogen and oxygen atoms in total. The Balaban J connectivity index is 0.000000547. The molecule has 3 heterocycles. The van der Waals surface area contributed by atoms with Gasteiger partial charge in [-0.3, -0.25) is 14.5 Å². The summed E-state index contributed by atoms with van der Waals surface area (Å²) < 4.78 is 18.1. The first-order valence-electron chi connectivity index (χ1n) is 10.6. The quantitative estimate of drug-likeness (QED) is 0.488. The third-order valence-corrected chi connectivity index (χ3v) is 4.56. The van der Waals surface area contributed by atoms with Crippen molar-refractivity contribution in [1.82, 2.24) is 19.3 Å². The number of carbonyl (C=O) groups excluding carboxylic acids is 1. The van der Waals surface area contributed by atoms with E-state index in [0.29, 0.717) is 23.3 Å². The maximum Gasteiger partial charge on any atom is 0.252 e. The highest BCUT2D eigenvalue weighted by Gasteiger charge is 2.15. The number of nitrogens with two attached hydrogens (primary N) is 1. The number of aliphatic hydroxyl groups is 1. The van der Waals surface area contributed by atoms with Gasteiger partial charge in [0.1, 0.15) is 11.3 Å². The molecule has 3 aromatic heterocycles. The van der Waals surface area contributed by atoms with Gasteiger partial charge < -0.3 is 15.4 Å². The highest BCUT2D eigenvalue weighted by Crippen LogP contribution is 2.24. The molecule has 32 heavy (non-hydrogen) atoms. The fraction of sp³-hybridized carbons (Fsp3) is 0.292. The number of aryl methyl sites for hydroxylation is 1. The van der Waals surface area contributed by atoms with Gasteiger partial charge in [-0.15, -0.1) is 0 Å². The van der Waals surface area contributed by atoms with Crippen LogP contribution in [0.15, 0.2) is 55.1 Å². The summed E-state index contributed by atoms with van der Waals surface area (Å²) in [7, 11) is 1.82. The van der Waals surface area contributed by atoms with E-state index in [9.17, 15) is 9.18 Å². The number of amides is 1. The molecule has 0 saturated heterocycles. The van der Waals surface area contributed by atoms with E-state index < -0.39 is 5.91 Å². The molecule has 0 aliphatic carbocycles. The largest absolute Gasteiger partial charge is 0.396 e. The molecule has 8 heteroatoms. The molecule has 0 aliphatic heterocycles. The Morgan fingerprint density at radius 2 is 1.91 bits per heavy atom.